The van der Waals surface area contributed by atoms with Gasteiger partial charge >= 0.3 is 12.1 Å². The van der Waals surface area contributed by atoms with Crippen LogP contribution in [0, 0.1) is 29.5 Å². The summed E-state index contributed by atoms with van der Waals surface area (Å²) in [5, 5.41) is 10.1. The van der Waals surface area contributed by atoms with Gasteiger partial charge in [-0.05, 0) is 81.9 Å². The molecular weight excluding hydrogens is 645 g/mol. The van der Waals surface area contributed by atoms with Gasteiger partial charge in [0.2, 0.25) is 0 Å². The molecule has 1 saturated heterocycles. The van der Waals surface area contributed by atoms with Gasteiger partial charge in [-0.3, -0.25) is 9.69 Å². The summed E-state index contributed by atoms with van der Waals surface area (Å²) in [6.07, 6.45) is -2.64. The van der Waals surface area contributed by atoms with Crippen LogP contribution in [0.5, 0.6) is 0 Å². The molecular formula is C28H29BrCl3F4NO2. The lowest BCUT2D eigenvalue weighted by Gasteiger charge is -2.45. The largest absolute Gasteiger partial charge is 0.481 e. The van der Waals surface area contributed by atoms with Gasteiger partial charge in [0.15, 0.2) is 0 Å². The van der Waals surface area contributed by atoms with Crippen molar-refractivity contribution in [1.29, 1.82) is 0 Å². The molecule has 4 rings (SSSR count). The van der Waals surface area contributed by atoms with Crippen molar-refractivity contribution < 1.29 is 27.5 Å². The predicted molar refractivity (Wildman–Crippen MR) is 149 cm³/mol. The topological polar surface area (TPSA) is 40.5 Å². The molecule has 2 fully saturated rings. The van der Waals surface area contributed by atoms with E-state index >= 15 is 13.2 Å². The van der Waals surface area contributed by atoms with Crippen molar-refractivity contribution in [2.75, 3.05) is 6.54 Å². The third kappa shape index (κ3) is 5.45. The Bertz CT molecular complexity index is 1240. The third-order valence-electron chi connectivity index (χ3n) is 8.61. The summed E-state index contributed by atoms with van der Waals surface area (Å²) in [6, 6.07) is 4.52. The molecule has 2 aliphatic rings. The quantitative estimate of drug-likeness (QED) is 0.254. The van der Waals surface area contributed by atoms with Gasteiger partial charge in [0.1, 0.15) is 11.2 Å². The molecule has 1 saturated carbocycles. The first-order valence-electron chi connectivity index (χ1n) is 12.7. The molecule has 0 spiro atoms. The first-order chi connectivity index (χ1) is 18.1. The Balaban J connectivity index is 2.04. The number of carboxylic acid groups (broad SMARTS) is 1. The molecule has 0 bridgehead atoms. The molecule has 1 aliphatic heterocycles. The first-order valence-corrected chi connectivity index (χ1v) is 14.7. The molecule has 0 amide bonds. The Morgan fingerprint density at radius 2 is 1.74 bits per heavy atom. The number of alkyl halides is 3. The number of carbonyl (C=O) groups is 1. The van der Waals surface area contributed by atoms with Crippen molar-refractivity contribution in [1.82, 2.24) is 4.90 Å². The van der Waals surface area contributed by atoms with Gasteiger partial charge in [-0.2, -0.15) is 13.2 Å². The van der Waals surface area contributed by atoms with Crippen LogP contribution < -0.4 is 0 Å². The number of hydrogen-bond acceptors (Lipinski definition) is 2. The van der Waals surface area contributed by atoms with Crippen LogP contribution in [-0.2, 0) is 10.2 Å². The Morgan fingerprint density at radius 3 is 2.26 bits per heavy atom. The minimum absolute atomic E-state index is 0.0449. The second-order valence-electron chi connectivity index (χ2n) is 11.2. The van der Waals surface area contributed by atoms with E-state index in [4.69, 9.17) is 34.8 Å². The lowest BCUT2D eigenvalue weighted by atomic mass is 9.68. The van der Waals surface area contributed by atoms with E-state index < -0.39 is 41.9 Å². The third-order valence-corrected chi connectivity index (χ3v) is 10.4. The molecule has 3 nitrogen and oxygen atoms in total. The molecule has 2 aromatic rings. The number of nitrogens with zero attached hydrogens (tertiary/aromatic N) is 1. The molecule has 1 heterocycles. The fourth-order valence-electron chi connectivity index (χ4n) is 6.74. The minimum Gasteiger partial charge on any atom is -0.481 e. The molecule has 39 heavy (non-hydrogen) atoms. The number of hydrogen-bond donors (Lipinski definition) is 1. The van der Waals surface area contributed by atoms with E-state index in [0.717, 1.165) is 31.0 Å². The second kappa shape index (κ2) is 11.3. The van der Waals surface area contributed by atoms with Gasteiger partial charge in [-0.15, -0.1) is 0 Å². The highest BCUT2D eigenvalue weighted by atomic mass is 79.9. The van der Waals surface area contributed by atoms with Crippen LogP contribution in [0.3, 0.4) is 0 Å². The fourth-order valence-corrected chi connectivity index (χ4v) is 7.73. The van der Waals surface area contributed by atoms with Crippen LogP contribution in [0.1, 0.15) is 57.2 Å². The van der Waals surface area contributed by atoms with E-state index in [9.17, 15) is 14.3 Å². The summed E-state index contributed by atoms with van der Waals surface area (Å²) in [4.78, 5) is 14.7. The Hall–Kier alpha value is -1.06. The molecule has 0 aromatic heterocycles. The summed E-state index contributed by atoms with van der Waals surface area (Å²) in [7, 11) is 0. The van der Waals surface area contributed by atoms with Crippen LogP contribution in [0.15, 0.2) is 34.8 Å². The molecule has 1 N–H and O–H groups in total. The highest BCUT2D eigenvalue weighted by Gasteiger charge is 2.71. The van der Waals surface area contributed by atoms with Crippen molar-refractivity contribution in [3.8, 4) is 0 Å². The maximum atomic E-state index is 15.5. The molecule has 6 atom stereocenters. The Morgan fingerprint density at radius 1 is 1.13 bits per heavy atom. The van der Waals surface area contributed by atoms with E-state index in [1.54, 1.807) is 4.90 Å². The summed E-state index contributed by atoms with van der Waals surface area (Å²) >= 11 is 21.6. The summed E-state index contributed by atoms with van der Waals surface area (Å²) in [6.45, 7) is 5.52. The summed E-state index contributed by atoms with van der Waals surface area (Å²) in [5.41, 5.74) is -2.95. The van der Waals surface area contributed by atoms with E-state index in [1.165, 1.54) is 12.1 Å². The van der Waals surface area contributed by atoms with Crippen molar-refractivity contribution in [2.45, 2.75) is 63.7 Å². The zero-order valence-corrected chi connectivity index (χ0v) is 25.4. The van der Waals surface area contributed by atoms with Gasteiger partial charge in [0.05, 0.1) is 25.5 Å². The van der Waals surface area contributed by atoms with Gasteiger partial charge in [0.25, 0.3) is 0 Å². The molecule has 214 valence electrons. The number of rotatable bonds is 5. The number of aliphatic carboxylic acids is 1. The molecule has 11 heteroatoms. The van der Waals surface area contributed by atoms with Crippen LogP contribution in [-0.4, -0.2) is 34.7 Å². The van der Waals surface area contributed by atoms with Crippen molar-refractivity contribution in [2.24, 2.45) is 23.7 Å². The number of halogens is 8. The number of carboxylic acids is 1. The van der Waals surface area contributed by atoms with Crippen LogP contribution in [0.2, 0.25) is 15.1 Å². The first kappa shape index (κ1) is 30.9. The summed E-state index contributed by atoms with van der Waals surface area (Å²) in [5.74, 6) is -3.75. The van der Waals surface area contributed by atoms with Gasteiger partial charge in [-0.25, -0.2) is 4.39 Å². The van der Waals surface area contributed by atoms with E-state index in [1.807, 2.05) is 13.8 Å². The van der Waals surface area contributed by atoms with Gasteiger partial charge in [0, 0.05) is 18.6 Å². The maximum Gasteiger partial charge on any atom is 0.400 e. The minimum atomic E-state index is -5.01. The van der Waals surface area contributed by atoms with Crippen molar-refractivity contribution in [3.05, 3.63) is 66.8 Å². The van der Waals surface area contributed by atoms with Crippen molar-refractivity contribution in [3.63, 3.8) is 0 Å². The van der Waals surface area contributed by atoms with Crippen molar-refractivity contribution >= 4 is 56.7 Å². The van der Waals surface area contributed by atoms with E-state index in [0.29, 0.717) is 6.42 Å². The molecule has 6 unspecified atom stereocenters. The maximum absolute atomic E-state index is 15.5. The number of benzene rings is 2. The van der Waals surface area contributed by atoms with E-state index in [-0.39, 0.29) is 54.5 Å². The normalized spacial score (nSPS) is 30.2. The standard InChI is InChI=1S/C28H29BrCl3F4NO2/c1-13(2)17-6-4-14(3)8-22(17)37-12-27(28(34,35)36,16-10-19(30)24(32)20(31)11-16)23(26(38)39)25(37)15-5-7-21(33)18(29)9-15/h5,7,9-11,13-14,17,22-23,25H,4,6,8,12H2,1-3H3,(H,38,39). The average molecular weight is 674 g/mol. The average Bonchev–Trinajstić information content (AvgIpc) is 3.21. The van der Waals surface area contributed by atoms with E-state index in [2.05, 4.69) is 22.9 Å². The van der Waals surface area contributed by atoms with Crippen LogP contribution >= 0.6 is 50.7 Å². The predicted octanol–water partition coefficient (Wildman–Crippen LogP) is 9.57. The monoisotopic (exact) mass is 671 g/mol. The molecule has 2 aromatic carbocycles. The SMILES string of the molecule is CC1CCC(C(C)C)C(N2CC(c3cc(Cl)c(Cl)c(Cl)c3)(C(F)(F)F)C(C(=O)O)C2c2ccc(F)c(Br)c2)C1. The van der Waals surface area contributed by atoms with Gasteiger partial charge in [-0.1, -0.05) is 68.1 Å². The number of likely N-dealkylation sites (tertiary alicyclic amines) is 1. The second-order valence-corrected chi connectivity index (χ2v) is 13.3. The highest BCUT2D eigenvalue weighted by molar-refractivity contribution is 9.10. The zero-order chi connectivity index (χ0) is 29.0. The fraction of sp³-hybridized carbons (Fsp3) is 0.536. The lowest BCUT2D eigenvalue weighted by molar-refractivity contribution is -0.204. The Kier molecular flexibility index (Phi) is 8.96. The Labute approximate surface area is 248 Å². The molecule has 0 radical (unpaired) electrons. The zero-order valence-electron chi connectivity index (χ0n) is 21.5. The highest BCUT2D eigenvalue weighted by Crippen LogP contribution is 2.60. The van der Waals surface area contributed by atoms with Crippen LogP contribution in [0.4, 0.5) is 17.6 Å². The summed E-state index contributed by atoms with van der Waals surface area (Å²) < 4.78 is 60.8. The smallest absolute Gasteiger partial charge is 0.400 e. The van der Waals surface area contributed by atoms with Gasteiger partial charge < -0.3 is 5.11 Å². The lowest BCUT2D eigenvalue weighted by Crippen LogP contribution is -2.52. The molecule has 1 aliphatic carbocycles. The van der Waals surface area contributed by atoms with Crippen LogP contribution in [0.25, 0.3) is 0 Å².